The zero-order valence-electron chi connectivity index (χ0n) is 10.00. The Labute approximate surface area is 97.3 Å². The number of rotatable bonds is 5. The van der Waals surface area contributed by atoms with Crippen molar-refractivity contribution in [2.45, 2.75) is 45.1 Å². The van der Waals surface area contributed by atoms with E-state index >= 15 is 0 Å². The first-order chi connectivity index (χ1) is 7.86. The third-order valence-corrected chi connectivity index (χ3v) is 3.27. The second kappa shape index (κ2) is 5.85. The highest BCUT2D eigenvalue weighted by Crippen LogP contribution is 2.19. The fourth-order valence-corrected chi connectivity index (χ4v) is 2.20. The first kappa shape index (κ1) is 11.4. The fourth-order valence-electron chi connectivity index (χ4n) is 2.20. The van der Waals surface area contributed by atoms with E-state index in [2.05, 4.69) is 28.5 Å². The van der Waals surface area contributed by atoms with E-state index in [1.807, 2.05) is 6.07 Å². The second-order valence-corrected chi connectivity index (χ2v) is 4.55. The Morgan fingerprint density at radius 3 is 3.12 bits per heavy atom. The van der Waals surface area contributed by atoms with Gasteiger partial charge in [-0.25, -0.2) is 0 Å². The molecule has 3 heteroatoms. The molecule has 0 saturated carbocycles. The van der Waals surface area contributed by atoms with Crippen molar-refractivity contribution in [1.29, 1.82) is 0 Å². The Kier molecular flexibility index (Phi) is 4.17. The molecular formula is C13H21N3. The fraction of sp³-hybridized carbons (Fsp3) is 0.615. The summed E-state index contributed by atoms with van der Waals surface area (Å²) < 4.78 is 0. The smallest absolute Gasteiger partial charge is 0.0518 e. The minimum absolute atomic E-state index is 0.367. The molecule has 1 heterocycles. The summed E-state index contributed by atoms with van der Waals surface area (Å²) in [7, 11) is 0. The van der Waals surface area contributed by atoms with Gasteiger partial charge in [0.2, 0.25) is 0 Å². The van der Waals surface area contributed by atoms with E-state index in [9.17, 15) is 0 Å². The normalized spacial score (nSPS) is 18.2. The van der Waals surface area contributed by atoms with Crippen molar-refractivity contribution < 1.29 is 0 Å². The number of hydrogen-bond donors (Lipinski definition) is 2. The lowest BCUT2D eigenvalue weighted by atomic mass is 9.97. The Bertz CT molecular complexity index is 327. The van der Waals surface area contributed by atoms with Crippen molar-refractivity contribution in [3.05, 3.63) is 29.6 Å². The highest BCUT2D eigenvalue weighted by Gasteiger charge is 2.07. The predicted octanol–water partition coefficient (Wildman–Crippen LogP) is 2.95. The van der Waals surface area contributed by atoms with Crippen LogP contribution in [0.1, 0.15) is 50.8 Å². The SMILES string of the molecule is CC(NCCC1=CCCCC1)c1ccn[nH]1. The molecule has 1 aliphatic carbocycles. The lowest BCUT2D eigenvalue weighted by Crippen LogP contribution is -2.20. The lowest BCUT2D eigenvalue weighted by Gasteiger charge is -2.15. The van der Waals surface area contributed by atoms with Gasteiger partial charge in [-0.05, 0) is 51.6 Å². The molecule has 0 radical (unpaired) electrons. The molecule has 88 valence electrons. The van der Waals surface area contributed by atoms with Crippen LogP contribution in [0.25, 0.3) is 0 Å². The van der Waals surface area contributed by atoms with Gasteiger partial charge in [-0.2, -0.15) is 5.10 Å². The Balaban J connectivity index is 1.69. The van der Waals surface area contributed by atoms with Gasteiger partial charge in [0, 0.05) is 12.2 Å². The van der Waals surface area contributed by atoms with Crippen molar-refractivity contribution in [3.8, 4) is 0 Å². The number of allylic oxidation sites excluding steroid dienone is 1. The summed E-state index contributed by atoms with van der Waals surface area (Å²) in [5, 5.41) is 10.5. The van der Waals surface area contributed by atoms with E-state index in [-0.39, 0.29) is 0 Å². The third-order valence-electron chi connectivity index (χ3n) is 3.27. The van der Waals surface area contributed by atoms with E-state index in [0.29, 0.717) is 6.04 Å². The Morgan fingerprint density at radius 1 is 1.50 bits per heavy atom. The molecule has 0 aliphatic heterocycles. The number of nitrogens with zero attached hydrogens (tertiary/aromatic N) is 1. The molecule has 1 aromatic heterocycles. The number of H-pyrrole nitrogens is 1. The van der Waals surface area contributed by atoms with Crippen molar-refractivity contribution in [2.75, 3.05) is 6.54 Å². The van der Waals surface area contributed by atoms with Gasteiger partial charge in [0.05, 0.1) is 5.69 Å². The molecule has 1 atom stereocenters. The minimum atomic E-state index is 0.367. The molecule has 0 fully saturated rings. The highest BCUT2D eigenvalue weighted by atomic mass is 15.1. The van der Waals surface area contributed by atoms with Gasteiger partial charge in [-0.15, -0.1) is 0 Å². The summed E-state index contributed by atoms with van der Waals surface area (Å²) in [6.07, 6.45) is 10.8. The van der Waals surface area contributed by atoms with Gasteiger partial charge in [0.15, 0.2) is 0 Å². The second-order valence-electron chi connectivity index (χ2n) is 4.55. The van der Waals surface area contributed by atoms with Gasteiger partial charge < -0.3 is 5.32 Å². The van der Waals surface area contributed by atoms with Crippen molar-refractivity contribution in [2.24, 2.45) is 0 Å². The van der Waals surface area contributed by atoms with Crippen LogP contribution >= 0.6 is 0 Å². The van der Waals surface area contributed by atoms with Crippen LogP contribution in [0.15, 0.2) is 23.9 Å². The summed E-state index contributed by atoms with van der Waals surface area (Å²) in [6.45, 7) is 3.23. The van der Waals surface area contributed by atoms with E-state index in [4.69, 9.17) is 0 Å². The van der Waals surface area contributed by atoms with Gasteiger partial charge in [0.25, 0.3) is 0 Å². The zero-order valence-corrected chi connectivity index (χ0v) is 10.00. The molecule has 1 aliphatic rings. The quantitative estimate of drug-likeness (QED) is 0.747. The van der Waals surface area contributed by atoms with Gasteiger partial charge in [-0.1, -0.05) is 11.6 Å². The molecule has 0 bridgehead atoms. The topological polar surface area (TPSA) is 40.7 Å². The van der Waals surface area contributed by atoms with Crippen LogP contribution in [0.3, 0.4) is 0 Å². The van der Waals surface area contributed by atoms with Gasteiger partial charge in [0.1, 0.15) is 0 Å². The number of aromatic nitrogens is 2. The van der Waals surface area contributed by atoms with Gasteiger partial charge >= 0.3 is 0 Å². The van der Waals surface area contributed by atoms with Crippen LogP contribution in [0.2, 0.25) is 0 Å². The summed E-state index contributed by atoms with van der Waals surface area (Å²) >= 11 is 0. The third kappa shape index (κ3) is 3.20. The monoisotopic (exact) mass is 219 g/mol. The van der Waals surface area contributed by atoms with Crippen LogP contribution in [-0.2, 0) is 0 Å². The molecule has 1 aromatic rings. The van der Waals surface area contributed by atoms with Gasteiger partial charge in [-0.3, -0.25) is 5.10 Å². The molecule has 0 amide bonds. The summed E-state index contributed by atoms with van der Waals surface area (Å²) in [5.74, 6) is 0. The van der Waals surface area contributed by atoms with Crippen LogP contribution in [0, 0.1) is 0 Å². The Hall–Kier alpha value is -1.09. The summed E-state index contributed by atoms with van der Waals surface area (Å²) in [5.41, 5.74) is 2.80. The molecular weight excluding hydrogens is 198 g/mol. The number of aromatic amines is 1. The predicted molar refractivity (Wildman–Crippen MR) is 66.2 cm³/mol. The van der Waals surface area contributed by atoms with Crippen molar-refractivity contribution >= 4 is 0 Å². The van der Waals surface area contributed by atoms with E-state index in [1.165, 1.54) is 32.1 Å². The Morgan fingerprint density at radius 2 is 2.44 bits per heavy atom. The summed E-state index contributed by atoms with van der Waals surface area (Å²) in [4.78, 5) is 0. The molecule has 2 rings (SSSR count). The van der Waals surface area contributed by atoms with E-state index in [0.717, 1.165) is 12.2 Å². The molecule has 0 aromatic carbocycles. The first-order valence-electron chi connectivity index (χ1n) is 6.27. The van der Waals surface area contributed by atoms with Crippen LogP contribution in [0.4, 0.5) is 0 Å². The molecule has 0 saturated heterocycles. The largest absolute Gasteiger partial charge is 0.309 e. The van der Waals surface area contributed by atoms with E-state index in [1.54, 1.807) is 11.8 Å². The first-order valence-corrected chi connectivity index (χ1v) is 6.27. The van der Waals surface area contributed by atoms with E-state index < -0.39 is 0 Å². The van der Waals surface area contributed by atoms with Crippen molar-refractivity contribution in [3.63, 3.8) is 0 Å². The molecule has 2 N–H and O–H groups in total. The maximum Gasteiger partial charge on any atom is 0.0518 e. The molecule has 0 spiro atoms. The summed E-state index contributed by atoms with van der Waals surface area (Å²) in [6, 6.07) is 2.39. The van der Waals surface area contributed by atoms with Crippen LogP contribution in [-0.4, -0.2) is 16.7 Å². The number of hydrogen-bond acceptors (Lipinski definition) is 2. The number of nitrogens with one attached hydrogen (secondary N) is 2. The maximum absolute atomic E-state index is 3.96. The standard InChI is InChI=1S/C13H21N3/c1-11(13-8-10-15-16-13)14-9-7-12-5-3-2-4-6-12/h5,8,10-11,14H,2-4,6-7,9H2,1H3,(H,15,16). The molecule has 3 nitrogen and oxygen atoms in total. The van der Waals surface area contributed by atoms with Crippen LogP contribution < -0.4 is 5.32 Å². The van der Waals surface area contributed by atoms with Crippen LogP contribution in [0.5, 0.6) is 0 Å². The molecule has 1 unspecified atom stereocenters. The average molecular weight is 219 g/mol. The minimum Gasteiger partial charge on any atom is -0.309 e. The molecule has 16 heavy (non-hydrogen) atoms. The van der Waals surface area contributed by atoms with Crippen molar-refractivity contribution in [1.82, 2.24) is 15.5 Å². The lowest BCUT2D eigenvalue weighted by molar-refractivity contribution is 0.551. The highest BCUT2D eigenvalue weighted by molar-refractivity contribution is 5.06. The zero-order chi connectivity index (χ0) is 11.2. The average Bonchev–Trinajstić information content (AvgIpc) is 2.84. The maximum atomic E-state index is 3.96.